The fourth-order valence-electron chi connectivity index (χ4n) is 2.36. The number of hydrogen-bond acceptors (Lipinski definition) is 3. The van der Waals surface area contributed by atoms with Crippen LogP contribution in [0, 0.1) is 11.6 Å². The summed E-state index contributed by atoms with van der Waals surface area (Å²) in [7, 11) is -3.66. The van der Waals surface area contributed by atoms with E-state index >= 15 is 0 Å². The maximum absolute atomic E-state index is 13.7. The van der Waals surface area contributed by atoms with Gasteiger partial charge in [0, 0.05) is 18.7 Å². The third kappa shape index (κ3) is 5.89. The summed E-state index contributed by atoms with van der Waals surface area (Å²) in [6, 6.07) is 12.0. The van der Waals surface area contributed by atoms with E-state index in [0.29, 0.717) is 11.1 Å². The zero-order valence-electron chi connectivity index (χ0n) is 14.3. The van der Waals surface area contributed by atoms with Gasteiger partial charge in [-0.05, 0) is 24.1 Å². The molecule has 2 rings (SSSR count). The maximum Gasteiger partial charge on any atom is 0.235 e. The Kier molecular flexibility index (Phi) is 6.82. The zero-order valence-corrected chi connectivity index (χ0v) is 15.1. The lowest BCUT2D eigenvalue weighted by molar-refractivity contribution is -0.121. The molecule has 140 valence electrons. The average molecular weight is 382 g/mol. The van der Waals surface area contributed by atoms with Gasteiger partial charge in [-0.15, -0.1) is 0 Å². The number of nitrogens with one attached hydrogen (secondary N) is 1. The van der Waals surface area contributed by atoms with Crippen molar-refractivity contribution in [3.05, 3.63) is 71.3 Å². The third-order valence-corrected chi connectivity index (χ3v) is 5.06. The summed E-state index contributed by atoms with van der Waals surface area (Å²) in [6.07, 6.45) is 1.12. The second kappa shape index (κ2) is 8.86. The third-order valence-electron chi connectivity index (χ3n) is 3.81. The lowest BCUT2D eigenvalue weighted by Crippen LogP contribution is -2.41. The Labute approximate surface area is 151 Å². The lowest BCUT2D eigenvalue weighted by atomic mass is 10.1. The van der Waals surface area contributed by atoms with Crippen molar-refractivity contribution in [1.29, 1.82) is 0 Å². The van der Waals surface area contributed by atoms with Crippen LogP contribution in [0.15, 0.2) is 48.5 Å². The number of carbonyl (C=O) groups excluding carboxylic acids is 1. The van der Waals surface area contributed by atoms with Crippen molar-refractivity contribution in [2.45, 2.75) is 13.0 Å². The highest BCUT2D eigenvalue weighted by molar-refractivity contribution is 7.88. The molecule has 1 amide bonds. The van der Waals surface area contributed by atoms with E-state index in [1.54, 1.807) is 24.3 Å². The molecule has 0 bridgehead atoms. The van der Waals surface area contributed by atoms with E-state index in [-0.39, 0.29) is 19.5 Å². The number of halogens is 2. The van der Waals surface area contributed by atoms with E-state index in [1.807, 2.05) is 0 Å². The van der Waals surface area contributed by atoms with Crippen molar-refractivity contribution in [2.75, 3.05) is 19.3 Å². The molecule has 26 heavy (non-hydrogen) atoms. The normalized spacial score (nSPS) is 11.5. The van der Waals surface area contributed by atoms with E-state index in [1.165, 1.54) is 24.3 Å². The Morgan fingerprint density at radius 1 is 1.00 bits per heavy atom. The summed E-state index contributed by atoms with van der Waals surface area (Å²) in [5.74, 6) is -1.44. The van der Waals surface area contributed by atoms with Gasteiger partial charge in [-0.3, -0.25) is 4.79 Å². The van der Waals surface area contributed by atoms with Gasteiger partial charge in [0.15, 0.2) is 0 Å². The minimum absolute atomic E-state index is 0.0348. The van der Waals surface area contributed by atoms with Crippen LogP contribution in [0.4, 0.5) is 8.78 Å². The van der Waals surface area contributed by atoms with Crippen LogP contribution >= 0.6 is 0 Å². The Balaban J connectivity index is 1.96. The highest BCUT2D eigenvalue weighted by atomic mass is 32.2. The van der Waals surface area contributed by atoms with Crippen LogP contribution in [0.5, 0.6) is 0 Å². The summed E-state index contributed by atoms with van der Waals surface area (Å²) >= 11 is 0. The number of sulfonamides is 1. The minimum atomic E-state index is -3.66. The van der Waals surface area contributed by atoms with Gasteiger partial charge in [-0.25, -0.2) is 17.2 Å². The first-order valence-corrected chi connectivity index (χ1v) is 9.81. The summed E-state index contributed by atoms with van der Waals surface area (Å²) in [6.45, 7) is -0.495. The van der Waals surface area contributed by atoms with Crippen molar-refractivity contribution < 1.29 is 22.0 Å². The molecule has 0 aromatic heterocycles. The van der Waals surface area contributed by atoms with Crippen LogP contribution in [0.3, 0.4) is 0 Å². The van der Waals surface area contributed by atoms with Crippen molar-refractivity contribution in [2.24, 2.45) is 0 Å². The molecule has 2 aromatic rings. The van der Waals surface area contributed by atoms with Crippen molar-refractivity contribution in [3.8, 4) is 0 Å². The Hall–Kier alpha value is -2.32. The lowest BCUT2D eigenvalue weighted by Gasteiger charge is -2.19. The van der Waals surface area contributed by atoms with Gasteiger partial charge in [-0.1, -0.05) is 36.4 Å². The molecule has 0 unspecified atom stereocenters. The number of nitrogens with zero attached hydrogens (tertiary/aromatic N) is 1. The molecule has 8 heteroatoms. The highest BCUT2D eigenvalue weighted by Gasteiger charge is 2.20. The van der Waals surface area contributed by atoms with Crippen LogP contribution in [0.1, 0.15) is 11.1 Å². The smallest absolute Gasteiger partial charge is 0.235 e. The van der Waals surface area contributed by atoms with Crippen molar-refractivity contribution in [1.82, 2.24) is 9.62 Å². The molecule has 2 aromatic carbocycles. The SMILES string of the molecule is CS(=O)(=O)N(CCc1ccccc1F)CC(=O)NCc1ccccc1F. The van der Waals surface area contributed by atoms with E-state index < -0.39 is 34.1 Å². The fraction of sp³-hybridized carbons (Fsp3) is 0.278. The molecule has 0 fully saturated rings. The Morgan fingerprint density at radius 2 is 1.54 bits per heavy atom. The van der Waals surface area contributed by atoms with E-state index in [2.05, 4.69) is 5.32 Å². The molecule has 0 aliphatic rings. The first-order valence-electron chi connectivity index (χ1n) is 7.96. The second-order valence-corrected chi connectivity index (χ2v) is 7.79. The van der Waals surface area contributed by atoms with Gasteiger partial charge in [0.1, 0.15) is 11.6 Å². The Morgan fingerprint density at radius 3 is 2.08 bits per heavy atom. The molecule has 0 saturated heterocycles. The average Bonchev–Trinajstić information content (AvgIpc) is 2.58. The molecule has 0 saturated carbocycles. The molecule has 0 atom stereocenters. The largest absolute Gasteiger partial charge is 0.351 e. The van der Waals surface area contributed by atoms with Crippen LogP contribution in [0.25, 0.3) is 0 Å². The maximum atomic E-state index is 13.7. The van der Waals surface area contributed by atoms with E-state index in [4.69, 9.17) is 0 Å². The summed E-state index contributed by atoms with van der Waals surface area (Å²) in [5, 5.41) is 2.49. The van der Waals surface area contributed by atoms with Crippen molar-refractivity contribution >= 4 is 15.9 Å². The van der Waals surface area contributed by atoms with Crippen LogP contribution < -0.4 is 5.32 Å². The molecule has 5 nitrogen and oxygen atoms in total. The van der Waals surface area contributed by atoms with Gasteiger partial charge in [0.2, 0.25) is 15.9 Å². The highest BCUT2D eigenvalue weighted by Crippen LogP contribution is 2.10. The fourth-order valence-corrected chi connectivity index (χ4v) is 3.13. The second-order valence-electron chi connectivity index (χ2n) is 5.81. The molecule has 0 heterocycles. The predicted molar refractivity (Wildman–Crippen MR) is 94.8 cm³/mol. The summed E-state index contributed by atoms with van der Waals surface area (Å²) in [5.41, 5.74) is 0.672. The van der Waals surface area contributed by atoms with Gasteiger partial charge in [0.25, 0.3) is 0 Å². The topological polar surface area (TPSA) is 66.5 Å². The zero-order chi connectivity index (χ0) is 19.2. The van der Waals surface area contributed by atoms with Crippen LogP contribution in [-0.2, 0) is 27.8 Å². The van der Waals surface area contributed by atoms with E-state index in [0.717, 1.165) is 10.6 Å². The Bertz CT molecular complexity index is 872. The summed E-state index contributed by atoms with van der Waals surface area (Å²) < 4.78 is 52.0. The molecule has 0 radical (unpaired) electrons. The van der Waals surface area contributed by atoms with Gasteiger partial charge >= 0.3 is 0 Å². The van der Waals surface area contributed by atoms with Gasteiger partial charge < -0.3 is 5.32 Å². The number of rotatable bonds is 8. The molecule has 0 aliphatic carbocycles. The number of benzene rings is 2. The first kappa shape index (κ1) is 20.0. The monoisotopic (exact) mass is 382 g/mol. The molecular weight excluding hydrogens is 362 g/mol. The van der Waals surface area contributed by atoms with Crippen LogP contribution in [0.2, 0.25) is 0 Å². The number of carbonyl (C=O) groups is 1. The molecular formula is C18H20F2N2O3S. The van der Waals surface area contributed by atoms with Crippen LogP contribution in [-0.4, -0.2) is 38.0 Å². The molecule has 0 aliphatic heterocycles. The molecule has 1 N–H and O–H groups in total. The minimum Gasteiger partial charge on any atom is -0.351 e. The first-order chi connectivity index (χ1) is 12.3. The molecule has 0 spiro atoms. The van der Waals surface area contributed by atoms with Gasteiger partial charge in [-0.2, -0.15) is 4.31 Å². The predicted octanol–water partition coefficient (Wildman–Crippen LogP) is 2.09. The van der Waals surface area contributed by atoms with Gasteiger partial charge in [0.05, 0.1) is 12.8 Å². The van der Waals surface area contributed by atoms with Crippen molar-refractivity contribution in [3.63, 3.8) is 0 Å². The standard InChI is InChI=1S/C18H20F2N2O3S/c1-26(24,25)22(11-10-14-6-2-4-8-16(14)19)13-18(23)21-12-15-7-3-5-9-17(15)20/h2-9H,10-13H2,1H3,(H,21,23). The quantitative estimate of drug-likeness (QED) is 0.760. The number of hydrogen-bond donors (Lipinski definition) is 1. The number of amides is 1. The summed E-state index contributed by atoms with van der Waals surface area (Å²) in [4.78, 5) is 12.0. The van der Waals surface area contributed by atoms with E-state index in [9.17, 15) is 22.0 Å².